The number of hydrogen-bond donors (Lipinski definition) is 1. The van der Waals surface area contributed by atoms with Crippen LogP contribution in [0.1, 0.15) is 64.2 Å². The van der Waals surface area contributed by atoms with Crippen molar-refractivity contribution in [3.63, 3.8) is 0 Å². The SMILES string of the molecule is CN1CCCC(CN)(N2CCC3(CCCCC3)CC2)CC1. The molecule has 3 aliphatic rings. The van der Waals surface area contributed by atoms with Gasteiger partial charge in [0.25, 0.3) is 0 Å². The minimum Gasteiger partial charge on any atom is -0.329 e. The van der Waals surface area contributed by atoms with Crippen LogP contribution in [0.4, 0.5) is 0 Å². The molecule has 2 heterocycles. The summed E-state index contributed by atoms with van der Waals surface area (Å²) in [5.41, 5.74) is 7.31. The molecule has 1 atom stereocenters. The summed E-state index contributed by atoms with van der Waals surface area (Å²) in [5.74, 6) is 0. The van der Waals surface area contributed by atoms with Gasteiger partial charge in [-0.15, -0.1) is 0 Å². The van der Waals surface area contributed by atoms with Crippen LogP contribution in [-0.2, 0) is 0 Å². The Morgan fingerprint density at radius 1 is 0.762 bits per heavy atom. The highest BCUT2D eigenvalue weighted by molar-refractivity contribution is 4.98. The van der Waals surface area contributed by atoms with Crippen molar-refractivity contribution >= 4 is 0 Å². The molecule has 0 amide bonds. The predicted octanol–water partition coefficient (Wildman–Crippen LogP) is 2.85. The highest BCUT2D eigenvalue weighted by Gasteiger charge is 2.42. The molecule has 122 valence electrons. The first-order chi connectivity index (χ1) is 10.2. The number of nitrogens with two attached hydrogens (primary N) is 1. The van der Waals surface area contributed by atoms with E-state index in [1.807, 2.05) is 0 Å². The summed E-state index contributed by atoms with van der Waals surface area (Å²) in [4.78, 5) is 5.29. The first-order valence-corrected chi connectivity index (χ1v) is 9.32. The molecule has 2 N–H and O–H groups in total. The van der Waals surface area contributed by atoms with Gasteiger partial charge in [0.1, 0.15) is 0 Å². The van der Waals surface area contributed by atoms with Crippen LogP contribution < -0.4 is 5.73 Å². The fraction of sp³-hybridized carbons (Fsp3) is 1.00. The van der Waals surface area contributed by atoms with Crippen molar-refractivity contribution < 1.29 is 0 Å². The molecule has 0 aromatic heterocycles. The van der Waals surface area contributed by atoms with Crippen LogP contribution in [0.3, 0.4) is 0 Å². The molecule has 21 heavy (non-hydrogen) atoms. The van der Waals surface area contributed by atoms with E-state index in [1.165, 1.54) is 90.4 Å². The number of nitrogens with zero attached hydrogens (tertiary/aromatic N) is 2. The van der Waals surface area contributed by atoms with Crippen LogP contribution in [-0.4, -0.2) is 55.1 Å². The summed E-state index contributed by atoms with van der Waals surface area (Å²) in [6.07, 6.45) is 14.2. The van der Waals surface area contributed by atoms with Gasteiger partial charge in [0.15, 0.2) is 0 Å². The van der Waals surface area contributed by atoms with E-state index in [0.29, 0.717) is 11.0 Å². The second-order valence-electron chi connectivity index (χ2n) is 8.13. The molecule has 3 fully saturated rings. The smallest absolute Gasteiger partial charge is 0.0344 e. The van der Waals surface area contributed by atoms with Gasteiger partial charge in [-0.05, 0) is 83.6 Å². The lowest BCUT2D eigenvalue weighted by Crippen LogP contribution is -2.58. The predicted molar refractivity (Wildman–Crippen MR) is 89.5 cm³/mol. The highest BCUT2D eigenvalue weighted by Crippen LogP contribution is 2.46. The fourth-order valence-corrected chi connectivity index (χ4v) is 5.22. The molecule has 0 aromatic carbocycles. The van der Waals surface area contributed by atoms with Gasteiger partial charge in [0.2, 0.25) is 0 Å². The zero-order chi connectivity index (χ0) is 14.8. The molecule has 3 rings (SSSR count). The van der Waals surface area contributed by atoms with Crippen LogP contribution >= 0.6 is 0 Å². The zero-order valence-electron chi connectivity index (χ0n) is 14.1. The van der Waals surface area contributed by atoms with Crippen molar-refractivity contribution in [1.82, 2.24) is 9.80 Å². The molecular formula is C18H35N3. The number of rotatable bonds is 2. The number of piperidine rings is 1. The molecule has 1 saturated carbocycles. The van der Waals surface area contributed by atoms with E-state index in [4.69, 9.17) is 5.73 Å². The maximum Gasteiger partial charge on any atom is 0.0344 e. The monoisotopic (exact) mass is 293 g/mol. The van der Waals surface area contributed by atoms with Crippen LogP contribution in [0.25, 0.3) is 0 Å². The zero-order valence-corrected chi connectivity index (χ0v) is 14.1. The number of hydrogen-bond acceptors (Lipinski definition) is 3. The van der Waals surface area contributed by atoms with Gasteiger partial charge in [-0.2, -0.15) is 0 Å². The Bertz CT molecular complexity index is 327. The van der Waals surface area contributed by atoms with Crippen molar-refractivity contribution in [3.05, 3.63) is 0 Å². The molecular weight excluding hydrogens is 258 g/mol. The van der Waals surface area contributed by atoms with Gasteiger partial charge >= 0.3 is 0 Å². The summed E-state index contributed by atoms with van der Waals surface area (Å²) >= 11 is 0. The molecule has 0 bridgehead atoms. The summed E-state index contributed by atoms with van der Waals surface area (Å²) in [6.45, 7) is 5.94. The van der Waals surface area contributed by atoms with Crippen LogP contribution in [0.2, 0.25) is 0 Å². The second kappa shape index (κ2) is 6.55. The van der Waals surface area contributed by atoms with Gasteiger partial charge < -0.3 is 10.6 Å². The topological polar surface area (TPSA) is 32.5 Å². The minimum atomic E-state index is 0.307. The quantitative estimate of drug-likeness (QED) is 0.850. The van der Waals surface area contributed by atoms with Crippen molar-refractivity contribution in [2.75, 3.05) is 39.8 Å². The van der Waals surface area contributed by atoms with E-state index in [2.05, 4.69) is 16.8 Å². The molecule has 2 saturated heterocycles. The van der Waals surface area contributed by atoms with Crippen molar-refractivity contribution in [1.29, 1.82) is 0 Å². The minimum absolute atomic E-state index is 0.307. The van der Waals surface area contributed by atoms with Gasteiger partial charge in [-0.1, -0.05) is 19.3 Å². The first-order valence-electron chi connectivity index (χ1n) is 9.32. The third kappa shape index (κ3) is 3.30. The molecule has 3 heteroatoms. The van der Waals surface area contributed by atoms with E-state index in [0.717, 1.165) is 6.54 Å². The van der Waals surface area contributed by atoms with Crippen molar-refractivity contribution in [3.8, 4) is 0 Å². The molecule has 0 radical (unpaired) electrons. The van der Waals surface area contributed by atoms with Gasteiger partial charge in [0.05, 0.1) is 0 Å². The van der Waals surface area contributed by atoms with Gasteiger partial charge in [0, 0.05) is 12.1 Å². The van der Waals surface area contributed by atoms with E-state index < -0.39 is 0 Å². The van der Waals surface area contributed by atoms with Crippen LogP contribution in [0, 0.1) is 5.41 Å². The third-order valence-electron chi connectivity index (χ3n) is 6.93. The normalized spacial score (nSPS) is 35.7. The third-order valence-corrected chi connectivity index (χ3v) is 6.93. The maximum absolute atomic E-state index is 6.29. The van der Waals surface area contributed by atoms with Crippen molar-refractivity contribution in [2.24, 2.45) is 11.1 Å². The van der Waals surface area contributed by atoms with E-state index in [1.54, 1.807) is 0 Å². The molecule has 1 aliphatic carbocycles. The maximum atomic E-state index is 6.29. The standard InChI is InChI=1S/C18H35N3/c1-20-12-5-8-18(16-19,11-13-20)21-14-9-17(10-15-21)6-3-2-4-7-17/h2-16,19H2,1H3. The number of likely N-dealkylation sites (tertiary alicyclic amines) is 2. The summed E-state index contributed by atoms with van der Waals surface area (Å²) in [7, 11) is 2.26. The van der Waals surface area contributed by atoms with Crippen LogP contribution in [0.15, 0.2) is 0 Å². The Kier molecular flexibility index (Phi) is 4.92. The lowest BCUT2D eigenvalue weighted by Gasteiger charge is -2.51. The Labute approximate surface area is 131 Å². The lowest BCUT2D eigenvalue weighted by atomic mass is 9.67. The second-order valence-corrected chi connectivity index (χ2v) is 8.13. The molecule has 1 unspecified atom stereocenters. The van der Waals surface area contributed by atoms with E-state index in [9.17, 15) is 0 Å². The summed E-state index contributed by atoms with van der Waals surface area (Å²) < 4.78 is 0. The lowest BCUT2D eigenvalue weighted by molar-refractivity contribution is -0.00279. The molecule has 3 nitrogen and oxygen atoms in total. The Hall–Kier alpha value is -0.120. The van der Waals surface area contributed by atoms with E-state index in [-0.39, 0.29) is 0 Å². The van der Waals surface area contributed by atoms with Crippen molar-refractivity contribution in [2.45, 2.75) is 69.7 Å². The Morgan fingerprint density at radius 3 is 2.14 bits per heavy atom. The summed E-state index contributed by atoms with van der Waals surface area (Å²) in [5, 5.41) is 0. The average molecular weight is 293 g/mol. The largest absolute Gasteiger partial charge is 0.329 e. The fourth-order valence-electron chi connectivity index (χ4n) is 5.22. The highest BCUT2D eigenvalue weighted by atomic mass is 15.2. The Morgan fingerprint density at radius 2 is 1.48 bits per heavy atom. The van der Waals surface area contributed by atoms with E-state index >= 15 is 0 Å². The Balaban J connectivity index is 1.63. The molecule has 1 spiro atoms. The summed E-state index contributed by atoms with van der Waals surface area (Å²) in [6, 6.07) is 0. The first kappa shape index (κ1) is 15.8. The average Bonchev–Trinajstić information content (AvgIpc) is 2.71. The molecule has 2 aliphatic heterocycles. The van der Waals surface area contributed by atoms with Gasteiger partial charge in [-0.25, -0.2) is 0 Å². The molecule has 0 aromatic rings. The van der Waals surface area contributed by atoms with Crippen LogP contribution in [0.5, 0.6) is 0 Å². The van der Waals surface area contributed by atoms with Gasteiger partial charge in [-0.3, -0.25) is 4.90 Å².